The summed E-state index contributed by atoms with van der Waals surface area (Å²) >= 11 is 0. The molecule has 1 aromatic rings. The molecular weight excluding hydrogens is 329 g/mol. The summed E-state index contributed by atoms with van der Waals surface area (Å²) in [6.45, 7) is -1.41. The van der Waals surface area contributed by atoms with Gasteiger partial charge >= 0.3 is 12.2 Å². The average Bonchev–Trinajstić information content (AvgIpc) is 2.78. The fourth-order valence-electron chi connectivity index (χ4n) is 2.37. The van der Waals surface area contributed by atoms with Gasteiger partial charge in [-0.3, -0.25) is 9.59 Å². The molecule has 0 aliphatic carbocycles. The van der Waals surface area contributed by atoms with Gasteiger partial charge in [-0.1, -0.05) is 6.07 Å². The van der Waals surface area contributed by atoms with E-state index >= 15 is 0 Å². The van der Waals surface area contributed by atoms with Gasteiger partial charge < -0.3 is 21.3 Å². The highest BCUT2D eigenvalue weighted by Gasteiger charge is 2.39. The lowest BCUT2D eigenvalue weighted by molar-refractivity contribution is -0.157. The highest BCUT2D eigenvalue weighted by atomic mass is 19.4. The number of nitrogens with zero attached hydrogens (tertiary/aromatic N) is 1. The maximum atomic E-state index is 12.4. The van der Waals surface area contributed by atoms with Crippen molar-refractivity contribution in [3.8, 4) is 0 Å². The van der Waals surface area contributed by atoms with Crippen LogP contribution in [0.15, 0.2) is 24.3 Å². The van der Waals surface area contributed by atoms with Crippen molar-refractivity contribution in [3.63, 3.8) is 0 Å². The molecule has 1 fully saturated rings. The Balaban J connectivity index is 2.00. The van der Waals surface area contributed by atoms with Crippen LogP contribution in [0.25, 0.3) is 0 Å². The maximum absolute atomic E-state index is 12.4. The van der Waals surface area contributed by atoms with Gasteiger partial charge in [0.05, 0.1) is 0 Å². The molecule has 0 spiro atoms. The zero-order valence-electron chi connectivity index (χ0n) is 12.4. The molecule has 1 saturated heterocycles. The van der Waals surface area contributed by atoms with E-state index in [4.69, 9.17) is 5.73 Å². The minimum absolute atomic E-state index is 0.0768. The normalized spacial score (nSPS) is 17.7. The minimum Gasteiger partial charge on any atom is -0.351 e. The highest BCUT2D eigenvalue weighted by molar-refractivity contribution is 5.99. The summed E-state index contributed by atoms with van der Waals surface area (Å²) in [4.78, 5) is 35.5. The summed E-state index contributed by atoms with van der Waals surface area (Å²) in [5, 5.41) is 4.69. The zero-order chi connectivity index (χ0) is 17.9. The Morgan fingerprint density at radius 1 is 1.33 bits per heavy atom. The fraction of sp³-hybridized carbons (Fsp3) is 0.357. The Bertz CT molecular complexity index is 663. The largest absolute Gasteiger partial charge is 0.406 e. The standard InChI is InChI=1S/C14H15F3N4O3/c15-14(16,17)7-21-5-4-10(12(21)23)20-11(22)8-2-1-3-9(6-8)19-13(18)24/h1-3,6,10H,4-5,7H2,(H,20,22)(H3,18,19,24). The van der Waals surface area contributed by atoms with Gasteiger partial charge in [0.25, 0.3) is 5.91 Å². The lowest BCUT2D eigenvalue weighted by Crippen LogP contribution is -2.43. The first-order valence-electron chi connectivity index (χ1n) is 6.98. The van der Waals surface area contributed by atoms with Crippen LogP contribution in [0.4, 0.5) is 23.7 Å². The second-order valence-corrected chi connectivity index (χ2v) is 5.26. The van der Waals surface area contributed by atoms with E-state index in [-0.39, 0.29) is 24.2 Å². The van der Waals surface area contributed by atoms with Gasteiger partial charge in [-0.15, -0.1) is 0 Å². The van der Waals surface area contributed by atoms with Crippen molar-refractivity contribution in [3.05, 3.63) is 29.8 Å². The van der Waals surface area contributed by atoms with Gasteiger partial charge in [0.1, 0.15) is 12.6 Å². The molecular formula is C14H15F3N4O3. The van der Waals surface area contributed by atoms with Crippen molar-refractivity contribution < 1.29 is 27.6 Å². The van der Waals surface area contributed by atoms with Crippen LogP contribution >= 0.6 is 0 Å². The zero-order valence-corrected chi connectivity index (χ0v) is 12.4. The molecule has 1 aliphatic heterocycles. The molecule has 10 heteroatoms. The Hall–Kier alpha value is -2.78. The van der Waals surface area contributed by atoms with E-state index in [0.717, 1.165) is 0 Å². The van der Waals surface area contributed by atoms with Crippen LogP contribution in [-0.4, -0.2) is 48.1 Å². The van der Waals surface area contributed by atoms with Gasteiger partial charge in [0, 0.05) is 17.8 Å². The summed E-state index contributed by atoms with van der Waals surface area (Å²) in [6, 6.07) is 3.97. The van der Waals surface area contributed by atoms with Crippen molar-refractivity contribution >= 4 is 23.5 Å². The Morgan fingerprint density at radius 3 is 2.67 bits per heavy atom. The Morgan fingerprint density at radius 2 is 2.04 bits per heavy atom. The Labute approximate surface area is 135 Å². The molecule has 0 radical (unpaired) electrons. The molecule has 4 amide bonds. The molecule has 0 saturated carbocycles. The number of anilines is 1. The molecule has 130 valence electrons. The van der Waals surface area contributed by atoms with Crippen LogP contribution in [0, 0.1) is 0 Å². The average molecular weight is 344 g/mol. The van der Waals surface area contributed by atoms with Crippen LogP contribution in [0.2, 0.25) is 0 Å². The van der Waals surface area contributed by atoms with Crippen molar-refractivity contribution in [1.82, 2.24) is 10.2 Å². The third kappa shape index (κ3) is 4.61. The van der Waals surface area contributed by atoms with Gasteiger partial charge in [0.15, 0.2) is 0 Å². The Kier molecular flexibility index (Phi) is 4.96. The van der Waals surface area contributed by atoms with Crippen LogP contribution < -0.4 is 16.4 Å². The van der Waals surface area contributed by atoms with Gasteiger partial charge in [-0.25, -0.2) is 4.79 Å². The molecule has 0 aromatic heterocycles. The molecule has 24 heavy (non-hydrogen) atoms. The summed E-state index contributed by atoms with van der Waals surface area (Å²) in [5.41, 5.74) is 5.40. The van der Waals surface area contributed by atoms with Crippen LogP contribution in [0.3, 0.4) is 0 Å². The number of carbonyl (C=O) groups excluding carboxylic acids is 3. The number of primary amides is 1. The first kappa shape index (κ1) is 17.6. The first-order valence-corrected chi connectivity index (χ1v) is 6.98. The van der Waals surface area contributed by atoms with E-state index in [9.17, 15) is 27.6 Å². The number of likely N-dealkylation sites (tertiary alicyclic amines) is 1. The van der Waals surface area contributed by atoms with Crippen molar-refractivity contribution in [2.45, 2.75) is 18.6 Å². The molecule has 1 atom stereocenters. The maximum Gasteiger partial charge on any atom is 0.406 e. The molecule has 1 aromatic carbocycles. The second-order valence-electron chi connectivity index (χ2n) is 5.26. The molecule has 1 unspecified atom stereocenters. The number of nitrogens with two attached hydrogens (primary N) is 1. The number of rotatable bonds is 4. The number of halogens is 3. The lowest BCUT2D eigenvalue weighted by atomic mass is 10.1. The van der Waals surface area contributed by atoms with Gasteiger partial charge in [-0.05, 0) is 24.6 Å². The van der Waals surface area contributed by atoms with E-state index in [0.29, 0.717) is 4.90 Å². The van der Waals surface area contributed by atoms with E-state index in [1.165, 1.54) is 24.3 Å². The topological polar surface area (TPSA) is 105 Å². The second kappa shape index (κ2) is 6.77. The van der Waals surface area contributed by atoms with Gasteiger partial charge in [-0.2, -0.15) is 13.2 Å². The van der Waals surface area contributed by atoms with E-state index in [2.05, 4.69) is 10.6 Å². The number of amides is 4. The molecule has 2 rings (SSSR count). The van der Waals surface area contributed by atoms with Crippen molar-refractivity contribution in [2.75, 3.05) is 18.4 Å². The number of hydrogen-bond donors (Lipinski definition) is 3. The minimum atomic E-state index is -4.48. The first-order chi connectivity index (χ1) is 11.2. The fourth-order valence-corrected chi connectivity index (χ4v) is 2.37. The SMILES string of the molecule is NC(=O)Nc1cccc(C(=O)NC2CCN(CC(F)(F)F)C2=O)c1. The smallest absolute Gasteiger partial charge is 0.351 e. The van der Waals surface area contributed by atoms with Crippen LogP contribution in [-0.2, 0) is 4.79 Å². The van der Waals surface area contributed by atoms with Crippen LogP contribution in [0.5, 0.6) is 0 Å². The third-order valence-corrected chi connectivity index (χ3v) is 3.37. The number of benzene rings is 1. The van der Waals surface area contributed by atoms with Crippen LogP contribution in [0.1, 0.15) is 16.8 Å². The monoisotopic (exact) mass is 344 g/mol. The quantitative estimate of drug-likeness (QED) is 0.761. The van der Waals surface area contributed by atoms with E-state index in [1.54, 1.807) is 0 Å². The van der Waals surface area contributed by atoms with Gasteiger partial charge in [0.2, 0.25) is 5.91 Å². The summed E-state index contributed by atoms with van der Waals surface area (Å²) in [6.07, 6.45) is -4.39. The highest BCUT2D eigenvalue weighted by Crippen LogP contribution is 2.21. The number of urea groups is 1. The van der Waals surface area contributed by atoms with Crippen molar-refractivity contribution in [2.24, 2.45) is 5.73 Å². The number of nitrogens with one attached hydrogen (secondary N) is 2. The number of carbonyl (C=O) groups is 3. The molecule has 0 bridgehead atoms. The summed E-state index contributed by atoms with van der Waals surface area (Å²) in [5.74, 6) is -1.40. The molecule has 1 heterocycles. The third-order valence-electron chi connectivity index (χ3n) is 3.37. The molecule has 7 nitrogen and oxygen atoms in total. The summed E-state index contributed by atoms with van der Waals surface area (Å²) in [7, 11) is 0. The van der Waals surface area contributed by atoms with E-state index in [1.807, 2.05) is 0 Å². The predicted molar refractivity (Wildman–Crippen MR) is 78.2 cm³/mol. The molecule has 4 N–H and O–H groups in total. The lowest BCUT2D eigenvalue weighted by Gasteiger charge is -2.18. The molecule has 1 aliphatic rings. The van der Waals surface area contributed by atoms with E-state index < -0.39 is 36.6 Å². The summed E-state index contributed by atoms with van der Waals surface area (Å²) < 4.78 is 37.1. The number of alkyl halides is 3. The predicted octanol–water partition coefficient (Wildman–Crippen LogP) is 1.07. The van der Waals surface area contributed by atoms with Crippen molar-refractivity contribution in [1.29, 1.82) is 0 Å². The number of hydrogen-bond acceptors (Lipinski definition) is 3.